The molecular weight excluding hydrogens is 194 g/mol. The van der Waals surface area contributed by atoms with Crippen molar-refractivity contribution < 1.29 is 0 Å². The Hall–Kier alpha value is -0.530. The predicted octanol–water partition coefficient (Wildman–Crippen LogP) is 2.67. The predicted molar refractivity (Wildman–Crippen MR) is 63.2 cm³/mol. The zero-order valence-electron chi connectivity index (χ0n) is 8.94. The summed E-state index contributed by atoms with van der Waals surface area (Å²) in [6, 6.07) is 6.61. The van der Waals surface area contributed by atoms with Gasteiger partial charge in [0.1, 0.15) is 0 Å². The van der Waals surface area contributed by atoms with Crippen LogP contribution in [0.2, 0.25) is 0 Å². The van der Waals surface area contributed by atoms with E-state index in [1.165, 1.54) is 16.7 Å². The largest absolute Gasteiger partial charge is 0.315 e. The molecule has 0 spiro atoms. The number of nitrogens with one attached hydrogen (secondary N) is 1. The van der Waals surface area contributed by atoms with Gasteiger partial charge in [-0.05, 0) is 37.9 Å². The Kier molecular flexibility index (Phi) is 4.99. The number of benzene rings is 1. The van der Waals surface area contributed by atoms with Crippen molar-refractivity contribution >= 4 is 11.6 Å². The summed E-state index contributed by atoms with van der Waals surface area (Å²) in [6.45, 7) is 6.20. The topological polar surface area (TPSA) is 12.0 Å². The van der Waals surface area contributed by atoms with Gasteiger partial charge in [-0.3, -0.25) is 0 Å². The molecule has 0 amide bonds. The van der Waals surface area contributed by atoms with Gasteiger partial charge in [0.05, 0.1) is 0 Å². The van der Waals surface area contributed by atoms with Gasteiger partial charge in [-0.2, -0.15) is 0 Å². The van der Waals surface area contributed by atoms with Crippen LogP contribution in [0, 0.1) is 13.8 Å². The van der Waals surface area contributed by atoms with Crippen LogP contribution in [0.1, 0.15) is 16.7 Å². The molecule has 0 aliphatic heterocycles. The fourth-order valence-electron chi connectivity index (χ4n) is 1.48. The molecule has 1 aromatic rings. The lowest BCUT2D eigenvalue weighted by atomic mass is 10.0. The second-order valence-corrected chi connectivity index (χ2v) is 4.00. The molecule has 0 heterocycles. The van der Waals surface area contributed by atoms with Gasteiger partial charge in [0.25, 0.3) is 0 Å². The van der Waals surface area contributed by atoms with Crippen molar-refractivity contribution in [3.63, 3.8) is 0 Å². The third-order valence-corrected chi connectivity index (χ3v) is 2.54. The van der Waals surface area contributed by atoms with Gasteiger partial charge < -0.3 is 5.32 Å². The molecule has 0 aromatic heterocycles. The fourth-order valence-corrected chi connectivity index (χ4v) is 1.62. The van der Waals surface area contributed by atoms with Gasteiger partial charge in [0, 0.05) is 12.4 Å². The van der Waals surface area contributed by atoms with E-state index in [0.717, 1.165) is 19.5 Å². The van der Waals surface area contributed by atoms with E-state index in [1.807, 2.05) is 0 Å². The smallest absolute Gasteiger partial charge is 0.0348 e. The van der Waals surface area contributed by atoms with E-state index < -0.39 is 0 Å². The molecule has 0 atom stereocenters. The van der Waals surface area contributed by atoms with Crippen LogP contribution in [-0.2, 0) is 6.42 Å². The summed E-state index contributed by atoms with van der Waals surface area (Å²) in [5, 5.41) is 3.30. The van der Waals surface area contributed by atoms with Crippen LogP contribution < -0.4 is 5.32 Å². The molecule has 14 heavy (non-hydrogen) atoms. The van der Waals surface area contributed by atoms with Crippen LogP contribution in [0.3, 0.4) is 0 Å². The van der Waals surface area contributed by atoms with Crippen molar-refractivity contribution in [3.8, 4) is 0 Å². The highest BCUT2D eigenvalue weighted by molar-refractivity contribution is 6.18. The Labute approximate surface area is 91.5 Å². The van der Waals surface area contributed by atoms with E-state index >= 15 is 0 Å². The summed E-state index contributed by atoms with van der Waals surface area (Å²) in [5.41, 5.74) is 4.15. The first-order valence-corrected chi connectivity index (χ1v) is 5.60. The van der Waals surface area contributed by atoms with E-state index in [-0.39, 0.29) is 0 Å². The lowest BCUT2D eigenvalue weighted by Crippen LogP contribution is -2.19. The summed E-state index contributed by atoms with van der Waals surface area (Å²) >= 11 is 5.58. The number of alkyl halides is 1. The van der Waals surface area contributed by atoms with Crippen LogP contribution >= 0.6 is 11.6 Å². The van der Waals surface area contributed by atoms with Gasteiger partial charge in [0.15, 0.2) is 0 Å². The molecule has 78 valence electrons. The van der Waals surface area contributed by atoms with E-state index in [9.17, 15) is 0 Å². The van der Waals surface area contributed by atoms with Crippen molar-refractivity contribution in [2.75, 3.05) is 19.0 Å². The number of hydrogen-bond acceptors (Lipinski definition) is 1. The molecule has 0 fully saturated rings. The molecule has 2 heteroatoms. The van der Waals surface area contributed by atoms with Gasteiger partial charge in [0.2, 0.25) is 0 Å². The molecule has 0 saturated carbocycles. The van der Waals surface area contributed by atoms with Crippen molar-refractivity contribution in [1.82, 2.24) is 5.32 Å². The van der Waals surface area contributed by atoms with Gasteiger partial charge >= 0.3 is 0 Å². The standard InChI is InChI=1S/C12H18ClN/c1-10-3-4-11(2)12(9-10)5-7-14-8-6-13/h3-4,9,14H,5-8H2,1-2H3. The quantitative estimate of drug-likeness (QED) is 0.584. The molecule has 0 aliphatic rings. The summed E-state index contributed by atoms with van der Waals surface area (Å²) in [5.74, 6) is 0.687. The second-order valence-electron chi connectivity index (χ2n) is 3.62. The maximum absolute atomic E-state index is 5.58. The molecule has 0 saturated heterocycles. The number of hydrogen-bond donors (Lipinski definition) is 1. The van der Waals surface area contributed by atoms with Crippen LogP contribution in [0.15, 0.2) is 18.2 Å². The first-order valence-electron chi connectivity index (χ1n) is 5.07. The molecule has 0 unspecified atom stereocenters. The highest BCUT2D eigenvalue weighted by Gasteiger charge is 1.97. The minimum Gasteiger partial charge on any atom is -0.315 e. The SMILES string of the molecule is Cc1ccc(C)c(CCNCCCl)c1. The molecule has 1 aromatic carbocycles. The molecule has 1 nitrogen and oxygen atoms in total. The molecule has 1 N–H and O–H groups in total. The van der Waals surface area contributed by atoms with E-state index in [4.69, 9.17) is 11.6 Å². The summed E-state index contributed by atoms with van der Waals surface area (Å²) < 4.78 is 0. The van der Waals surface area contributed by atoms with Gasteiger partial charge in [-0.1, -0.05) is 23.8 Å². The summed E-state index contributed by atoms with van der Waals surface area (Å²) in [6.07, 6.45) is 1.09. The molecule has 1 rings (SSSR count). The van der Waals surface area contributed by atoms with Crippen molar-refractivity contribution in [3.05, 3.63) is 34.9 Å². The van der Waals surface area contributed by atoms with Crippen LogP contribution in [0.4, 0.5) is 0 Å². The van der Waals surface area contributed by atoms with Crippen LogP contribution in [0.25, 0.3) is 0 Å². The van der Waals surface area contributed by atoms with Crippen molar-refractivity contribution in [2.45, 2.75) is 20.3 Å². The van der Waals surface area contributed by atoms with E-state index in [0.29, 0.717) is 5.88 Å². The number of halogens is 1. The lowest BCUT2D eigenvalue weighted by molar-refractivity contribution is 0.717. The lowest BCUT2D eigenvalue weighted by Gasteiger charge is -2.07. The minimum atomic E-state index is 0.687. The van der Waals surface area contributed by atoms with Crippen molar-refractivity contribution in [2.24, 2.45) is 0 Å². The first-order chi connectivity index (χ1) is 6.74. The zero-order valence-corrected chi connectivity index (χ0v) is 9.69. The minimum absolute atomic E-state index is 0.687. The zero-order chi connectivity index (χ0) is 10.4. The molecule has 0 bridgehead atoms. The van der Waals surface area contributed by atoms with E-state index in [1.54, 1.807) is 0 Å². The maximum Gasteiger partial charge on any atom is 0.0348 e. The number of aryl methyl sites for hydroxylation is 2. The third-order valence-electron chi connectivity index (χ3n) is 2.35. The normalized spacial score (nSPS) is 10.5. The fraction of sp³-hybridized carbons (Fsp3) is 0.500. The average molecular weight is 212 g/mol. The monoisotopic (exact) mass is 211 g/mol. The Balaban J connectivity index is 2.45. The highest BCUT2D eigenvalue weighted by Crippen LogP contribution is 2.10. The van der Waals surface area contributed by atoms with Gasteiger partial charge in [-0.25, -0.2) is 0 Å². The summed E-state index contributed by atoms with van der Waals surface area (Å²) in [4.78, 5) is 0. The maximum atomic E-state index is 5.58. The van der Waals surface area contributed by atoms with E-state index in [2.05, 4.69) is 37.4 Å². The molecule has 0 aliphatic carbocycles. The number of rotatable bonds is 5. The van der Waals surface area contributed by atoms with Crippen molar-refractivity contribution in [1.29, 1.82) is 0 Å². The van der Waals surface area contributed by atoms with Crippen LogP contribution in [0.5, 0.6) is 0 Å². The Morgan fingerprint density at radius 2 is 2.00 bits per heavy atom. The Morgan fingerprint density at radius 1 is 1.21 bits per heavy atom. The summed E-state index contributed by atoms with van der Waals surface area (Å²) in [7, 11) is 0. The molecule has 0 radical (unpaired) electrons. The first kappa shape index (κ1) is 11.5. The van der Waals surface area contributed by atoms with Gasteiger partial charge in [-0.15, -0.1) is 11.6 Å². The Bertz CT molecular complexity index is 284. The molecular formula is C12H18ClN. The highest BCUT2D eigenvalue weighted by atomic mass is 35.5. The second kappa shape index (κ2) is 6.05. The average Bonchev–Trinajstić information content (AvgIpc) is 2.18. The third kappa shape index (κ3) is 3.69. The Morgan fingerprint density at radius 3 is 2.71 bits per heavy atom. The van der Waals surface area contributed by atoms with Crippen LogP contribution in [-0.4, -0.2) is 19.0 Å².